The second-order valence-electron chi connectivity index (χ2n) is 10.9. The molecular formula is C28H22Br2Cl2N6S2. The molecule has 0 spiro atoms. The van der Waals surface area contributed by atoms with Crippen LogP contribution in [-0.4, -0.2) is 29.2 Å². The Morgan fingerprint density at radius 1 is 0.775 bits per heavy atom. The standard InChI is InChI=1S/C28H22Br2Cl2N6S2/c1-27(2)18(23-35-37-21(29)19(33-25(37)39-23)14-4-8-16(31)9-5-14)12-13-28(27,3)24-36-38-22(30)20(34-26(38)40-24)15-6-10-17(32)11-7-15/h4-11,18H,12-13H2,1-3H3/t18-,28+/m1/s1. The minimum Gasteiger partial charge on any atom is -0.216 e. The Balaban J connectivity index is 1.21. The predicted octanol–water partition coefficient (Wildman–Crippen LogP) is 9.92. The van der Waals surface area contributed by atoms with Crippen molar-refractivity contribution < 1.29 is 0 Å². The molecule has 7 rings (SSSR count). The largest absolute Gasteiger partial charge is 0.216 e. The molecule has 0 unspecified atom stereocenters. The number of rotatable bonds is 4. The van der Waals surface area contributed by atoms with Crippen LogP contribution in [0.5, 0.6) is 0 Å². The van der Waals surface area contributed by atoms with Crippen molar-refractivity contribution in [1.82, 2.24) is 29.2 Å². The van der Waals surface area contributed by atoms with Crippen molar-refractivity contribution in [2.24, 2.45) is 5.41 Å². The summed E-state index contributed by atoms with van der Waals surface area (Å²) in [6.45, 7) is 7.04. The first kappa shape index (κ1) is 27.0. The third-order valence-corrected chi connectivity index (χ3v) is 12.7. The molecule has 1 saturated carbocycles. The van der Waals surface area contributed by atoms with Gasteiger partial charge < -0.3 is 0 Å². The molecule has 0 radical (unpaired) electrons. The fourth-order valence-corrected chi connectivity index (χ4v) is 9.80. The van der Waals surface area contributed by atoms with Crippen LogP contribution in [0.15, 0.2) is 57.7 Å². The molecular weight excluding hydrogens is 715 g/mol. The van der Waals surface area contributed by atoms with Crippen LogP contribution < -0.4 is 0 Å². The van der Waals surface area contributed by atoms with Gasteiger partial charge in [0, 0.05) is 32.5 Å². The van der Waals surface area contributed by atoms with Crippen molar-refractivity contribution in [3.63, 3.8) is 0 Å². The molecule has 40 heavy (non-hydrogen) atoms. The van der Waals surface area contributed by atoms with E-state index >= 15 is 0 Å². The number of halogens is 4. The van der Waals surface area contributed by atoms with Gasteiger partial charge in [-0.05, 0) is 74.4 Å². The van der Waals surface area contributed by atoms with E-state index in [1.165, 1.54) is 0 Å². The number of imidazole rings is 2. The van der Waals surface area contributed by atoms with Crippen molar-refractivity contribution in [2.45, 2.75) is 44.9 Å². The highest BCUT2D eigenvalue weighted by Crippen LogP contribution is 2.61. The van der Waals surface area contributed by atoms with Crippen molar-refractivity contribution in [1.29, 1.82) is 0 Å². The monoisotopic (exact) mass is 734 g/mol. The van der Waals surface area contributed by atoms with Crippen LogP contribution in [0.25, 0.3) is 32.4 Å². The number of fused-ring (bicyclic) bond motifs is 2. The molecule has 204 valence electrons. The van der Waals surface area contributed by atoms with Crippen molar-refractivity contribution in [3.05, 3.63) is 77.8 Å². The number of hydrogen-bond donors (Lipinski definition) is 0. The van der Waals surface area contributed by atoms with Gasteiger partial charge in [-0.2, -0.15) is 19.2 Å². The summed E-state index contributed by atoms with van der Waals surface area (Å²) in [5.74, 6) is 0.277. The van der Waals surface area contributed by atoms with Gasteiger partial charge in [0.1, 0.15) is 30.6 Å². The summed E-state index contributed by atoms with van der Waals surface area (Å²) in [4.78, 5) is 11.6. The molecule has 0 amide bonds. The second kappa shape index (κ2) is 9.61. The molecule has 0 bridgehead atoms. The summed E-state index contributed by atoms with van der Waals surface area (Å²) in [7, 11) is 0. The number of hydrogen-bond acceptors (Lipinski definition) is 6. The maximum Gasteiger partial charge on any atom is 0.213 e. The molecule has 12 heteroatoms. The van der Waals surface area contributed by atoms with Crippen LogP contribution in [0.4, 0.5) is 0 Å². The maximum atomic E-state index is 6.09. The minimum absolute atomic E-state index is 0.0876. The second-order valence-corrected chi connectivity index (χ2v) is 15.2. The molecule has 1 fully saturated rings. The predicted molar refractivity (Wildman–Crippen MR) is 171 cm³/mol. The summed E-state index contributed by atoms with van der Waals surface area (Å²) in [5.41, 5.74) is 3.51. The lowest BCUT2D eigenvalue weighted by Gasteiger charge is -2.39. The summed E-state index contributed by atoms with van der Waals surface area (Å²) in [6, 6.07) is 15.4. The number of benzene rings is 2. The average molecular weight is 737 g/mol. The van der Waals surface area contributed by atoms with E-state index in [2.05, 4.69) is 52.6 Å². The normalized spacial score (nSPS) is 20.7. The Morgan fingerprint density at radius 2 is 1.27 bits per heavy atom. The molecule has 4 aromatic heterocycles. The smallest absolute Gasteiger partial charge is 0.213 e. The highest BCUT2D eigenvalue weighted by atomic mass is 79.9. The molecule has 0 N–H and O–H groups in total. The highest BCUT2D eigenvalue weighted by Gasteiger charge is 2.56. The van der Waals surface area contributed by atoms with Crippen LogP contribution in [0.2, 0.25) is 10.0 Å². The van der Waals surface area contributed by atoms with Gasteiger partial charge >= 0.3 is 0 Å². The van der Waals surface area contributed by atoms with Gasteiger partial charge in [0.15, 0.2) is 0 Å². The molecule has 4 heterocycles. The third-order valence-electron chi connectivity index (χ3n) is 8.54. The topological polar surface area (TPSA) is 60.4 Å². The molecule has 6 nitrogen and oxygen atoms in total. The van der Waals surface area contributed by atoms with Gasteiger partial charge in [-0.15, -0.1) is 0 Å². The average Bonchev–Trinajstić information content (AvgIpc) is 3.70. The van der Waals surface area contributed by atoms with Crippen LogP contribution in [0, 0.1) is 5.41 Å². The summed E-state index contributed by atoms with van der Waals surface area (Å²) in [5, 5.41) is 13.8. The van der Waals surface area contributed by atoms with Crippen LogP contribution in [0.1, 0.15) is 49.5 Å². The van der Waals surface area contributed by atoms with E-state index in [9.17, 15) is 0 Å². The van der Waals surface area contributed by atoms with Gasteiger partial charge in [-0.3, -0.25) is 0 Å². The Labute approximate surface area is 265 Å². The highest BCUT2D eigenvalue weighted by molar-refractivity contribution is 9.10. The molecule has 2 atom stereocenters. The van der Waals surface area contributed by atoms with E-state index in [0.717, 1.165) is 64.5 Å². The van der Waals surface area contributed by atoms with Gasteiger partial charge in [0.2, 0.25) is 9.92 Å². The number of nitrogens with zero attached hydrogens (tertiary/aromatic N) is 6. The summed E-state index contributed by atoms with van der Waals surface area (Å²) in [6.07, 6.45) is 2.04. The fourth-order valence-electron chi connectivity index (χ4n) is 5.72. The van der Waals surface area contributed by atoms with Crippen LogP contribution >= 0.6 is 77.7 Å². The summed E-state index contributed by atoms with van der Waals surface area (Å²) < 4.78 is 5.55. The van der Waals surface area contributed by atoms with E-state index in [1.54, 1.807) is 22.7 Å². The zero-order valence-electron chi connectivity index (χ0n) is 21.6. The molecule has 6 aromatic rings. The minimum atomic E-state index is -0.137. The first-order valence-corrected chi connectivity index (χ1v) is 16.7. The molecule has 0 saturated heterocycles. The lowest BCUT2D eigenvalue weighted by Crippen LogP contribution is -2.37. The number of aromatic nitrogens is 6. The van der Waals surface area contributed by atoms with Gasteiger partial charge in [-0.1, -0.05) is 90.9 Å². The Kier molecular flexibility index (Phi) is 6.49. The zero-order valence-corrected chi connectivity index (χ0v) is 27.9. The van der Waals surface area contributed by atoms with E-state index in [-0.39, 0.29) is 16.7 Å². The first-order chi connectivity index (χ1) is 19.1. The Morgan fingerprint density at radius 3 is 1.77 bits per heavy atom. The summed E-state index contributed by atoms with van der Waals surface area (Å²) >= 11 is 23.0. The Bertz CT molecular complexity index is 1910. The van der Waals surface area contributed by atoms with Gasteiger partial charge in [-0.25, -0.2) is 9.97 Å². The maximum absolute atomic E-state index is 6.09. The quantitative estimate of drug-likeness (QED) is 0.181. The molecule has 1 aliphatic rings. The van der Waals surface area contributed by atoms with Crippen molar-refractivity contribution >= 4 is 87.7 Å². The third kappa shape index (κ3) is 4.05. The fraction of sp³-hybridized carbons (Fsp3) is 0.286. The first-order valence-electron chi connectivity index (χ1n) is 12.7. The lowest BCUT2D eigenvalue weighted by molar-refractivity contribution is 0.198. The van der Waals surface area contributed by atoms with Crippen molar-refractivity contribution in [3.8, 4) is 22.5 Å². The van der Waals surface area contributed by atoms with E-state index in [4.69, 9.17) is 43.4 Å². The van der Waals surface area contributed by atoms with Crippen LogP contribution in [0.3, 0.4) is 0 Å². The molecule has 0 aliphatic heterocycles. The molecule has 2 aromatic carbocycles. The van der Waals surface area contributed by atoms with E-state index in [0.29, 0.717) is 10.0 Å². The SMILES string of the molecule is CC1(C)[C@@H](c2nn3c(Br)c(-c4ccc(Cl)cc4)nc3s2)CC[C@@]1(C)c1nn2c(Br)c(-c3ccc(Cl)cc3)nc2s1. The van der Waals surface area contributed by atoms with E-state index < -0.39 is 0 Å². The van der Waals surface area contributed by atoms with Crippen LogP contribution in [-0.2, 0) is 5.41 Å². The Hall–Kier alpha value is -1.82. The van der Waals surface area contributed by atoms with Gasteiger partial charge in [0.25, 0.3) is 0 Å². The van der Waals surface area contributed by atoms with Crippen molar-refractivity contribution in [2.75, 3.05) is 0 Å². The van der Waals surface area contributed by atoms with Gasteiger partial charge in [0.05, 0.1) is 0 Å². The zero-order chi connectivity index (χ0) is 28.0. The molecule has 1 aliphatic carbocycles. The lowest BCUT2D eigenvalue weighted by atomic mass is 9.66. The van der Waals surface area contributed by atoms with E-state index in [1.807, 2.05) is 57.6 Å².